The lowest BCUT2D eigenvalue weighted by atomic mass is 10.1. The van der Waals surface area contributed by atoms with E-state index < -0.39 is 0 Å². The highest BCUT2D eigenvalue weighted by molar-refractivity contribution is 7.99. The van der Waals surface area contributed by atoms with Gasteiger partial charge >= 0.3 is 0 Å². The quantitative estimate of drug-likeness (QED) is 0.259. The van der Waals surface area contributed by atoms with Gasteiger partial charge in [-0.05, 0) is 45.2 Å². The van der Waals surface area contributed by atoms with Crippen molar-refractivity contribution in [1.82, 2.24) is 0 Å². The average molecular weight is 425 g/mol. The summed E-state index contributed by atoms with van der Waals surface area (Å²) >= 11 is 3.79. The lowest BCUT2D eigenvalue weighted by Gasteiger charge is -2.11. The van der Waals surface area contributed by atoms with Gasteiger partial charge in [-0.2, -0.15) is 0 Å². The Morgan fingerprint density at radius 3 is 1.87 bits per heavy atom. The van der Waals surface area contributed by atoms with E-state index in [9.17, 15) is 0 Å². The van der Waals surface area contributed by atoms with Crippen molar-refractivity contribution in [2.24, 2.45) is 0 Å². The molecule has 0 aliphatic heterocycles. The highest BCUT2D eigenvalue weighted by atomic mass is 32.2. The molecule has 0 aliphatic rings. The standard InChI is InChI=1S/C28H24S2/c1-3-21-15-17-22(18-16-21)19-29-27-13-7-12-26-25(27)11-8-14-28(26)30-20-24-10-6-5-9-23(24)4-2/h3-18H,1-2,19-20H2. The fourth-order valence-corrected chi connectivity index (χ4v) is 5.54. The molecule has 4 aromatic carbocycles. The molecule has 0 aliphatic carbocycles. The molecule has 148 valence electrons. The maximum absolute atomic E-state index is 3.95. The average Bonchev–Trinajstić information content (AvgIpc) is 2.81. The fraction of sp³-hybridized carbons (Fsp3) is 0.0714. The van der Waals surface area contributed by atoms with E-state index in [-0.39, 0.29) is 0 Å². The molecule has 0 spiro atoms. The number of hydrogen-bond acceptors (Lipinski definition) is 2. The molecule has 0 unspecified atom stereocenters. The van der Waals surface area contributed by atoms with Gasteiger partial charge in [-0.1, -0.05) is 98.1 Å². The number of rotatable bonds is 8. The van der Waals surface area contributed by atoms with Crippen LogP contribution in [0.3, 0.4) is 0 Å². The first-order chi connectivity index (χ1) is 14.8. The van der Waals surface area contributed by atoms with Crippen LogP contribution in [0.4, 0.5) is 0 Å². The van der Waals surface area contributed by atoms with E-state index in [1.807, 2.05) is 35.7 Å². The van der Waals surface area contributed by atoms with Crippen LogP contribution in [0, 0.1) is 0 Å². The van der Waals surface area contributed by atoms with E-state index in [4.69, 9.17) is 0 Å². The lowest BCUT2D eigenvalue weighted by molar-refractivity contribution is 1.37. The van der Waals surface area contributed by atoms with Crippen LogP contribution < -0.4 is 0 Å². The monoisotopic (exact) mass is 424 g/mol. The van der Waals surface area contributed by atoms with Gasteiger partial charge in [0, 0.05) is 21.3 Å². The van der Waals surface area contributed by atoms with Crippen molar-refractivity contribution in [2.45, 2.75) is 21.3 Å². The maximum atomic E-state index is 3.95. The summed E-state index contributed by atoms with van der Waals surface area (Å²) in [7, 11) is 0. The van der Waals surface area contributed by atoms with Crippen molar-refractivity contribution >= 4 is 46.4 Å². The zero-order chi connectivity index (χ0) is 20.8. The van der Waals surface area contributed by atoms with Gasteiger partial charge in [-0.3, -0.25) is 0 Å². The van der Waals surface area contributed by atoms with E-state index in [1.54, 1.807) is 0 Å². The summed E-state index contributed by atoms with van der Waals surface area (Å²) in [5, 5.41) is 2.65. The molecule has 4 rings (SSSR count). The molecule has 4 aromatic rings. The molecule has 0 radical (unpaired) electrons. The van der Waals surface area contributed by atoms with Gasteiger partial charge in [0.1, 0.15) is 0 Å². The van der Waals surface area contributed by atoms with E-state index in [0.29, 0.717) is 0 Å². The minimum Gasteiger partial charge on any atom is -0.121 e. The third-order valence-electron chi connectivity index (χ3n) is 5.11. The van der Waals surface area contributed by atoms with Crippen LogP contribution in [0.15, 0.2) is 108 Å². The second kappa shape index (κ2) is 9.88. The predicted octanol–water partition coefficient (Wildman–Crippen LogP) is 8.71. The van der Waals surface area contributed by atoms with Gasteiger partial charge in [0.2, 0.25) is 0 Å². The Hall–Kier alpha value is -2.68. The summed E-state index contributed by atoms with van der Waals surface area (Å²) in [6, 6.07) is 30.4. The minimum atomic E-state index is 0.939. The van der Waals surface area contributed by atoms with Gasteiger partial charge in [0.05, 0.1) is 0 Å². The van der Waals surface area contributed by atoms with E-state index in [0.717, 1.165) is 17.1 Å². The molecule has 0 amide bonds. The number of hydrogen-bond donors (Lipinski definition) is 0. The molecular formula is C28H24S2. The van der Waals surface area contributed by atoms with Gasteiger partial charge < -0.3 is 0 Å². The summed E-state index contributed by atoms with van der Waals surface area (Å²) in [5.41, 5.74) is 5.02. The molecule has 0 N–H and O–H groups in total. The number of fused-ring (bicyclic) bond motifs is 1. The first kappa shape index (κ1) is 20.6. The van der Waals surface area contributed by atoms with Crippen molar-refractivity contribution < 1.29 is 0 Å². The smallest absolute Gasteiger partial charge is 0.0238 e. The highest BCUT2D eigenvalue weighted by Gasteiger charge is 2.08. The Morgan fingerprint density at radius 2 is 1.23 bits per heavy atom. The Labute approximate surface area is 187 Å². The van der Waals surface area contributed by atoms with Crippen LogP contribution in [0.5, 0.6) is 0 Å². The minimum absolute atomic E-state index is 0.939. The SMILES string of the molecule is C=Cc1ccc(CSc2cccc3c(SCc4ccccc4C=C)cccc23)cc1. The largest absolute Gasteiger partial charge is 0.121 e. The van der Waals surface area contributed by atoms with E-state index >= 15 is 0 Å². The second-order valence-electron chi connectivity index (χ2n) is 7.03. The van der Waals surface area contributed by atoms with Crippen LogP contribution >= 0.6 is 23.5 Å². The Balaban J connectivity index is 1.54. The summed E-state index contributed by atoms with van der Waals surface area (Å²) in [5.74, 6) is 1.90. The zero-order valence-corrected chi connectivity index (χ0v) is 18.5. The van der Waals surface area contributed by atoms with Crippen molar-refractivity contribution in [3.8, 4) is 0 Å². The lowest BCUT2D eigenvalue weighted by Crippen LogP contribution is -1.87. The van der Waals surface area contributed by atoms with Crippen molar-refractivity contribution in [1.29, 1.82) is 0 Å². The number of benzene rings is 4. The second-order valence-corrected chi connectivity index (χ2v) is 9.07. The molecule has 0 atom stereocenters. The molecule has 2 heteroatoms. The normalized spacial score (nSPS) is 10.8. The van der Waals surface area contributed by atoms with Gasteiger partial charge in [0.15, 0.2) is 0 Å². The molecule has 0 saturated carbocycles. The van der Waals surface area contributed by atoms with E-state index in [1.165, 1.54) is 37.3 Å². The summed E-state index contributed by atoms with van der Waals surface area (Å²) < 4.78 is 0. The third kappa shape index (κ3) is 4.72. The number of thioether (sulfide) groups is 2. The Bertz CT molecular complexity index is 1170. The van der Waals surface area contributed by atoms with Crippen LogP contribution in [0.25, 0.3) is 22.9 Å². The molecule has 0 bridgehead atoms. The Kier molecular flexibility index (Phi) is 6.78. The fourth-order valence-electron chi connectivity index (χ4n) is 3.44. The molecule has 0 saturated heterocycles. The van der Waals surface area contributed by atoms with Crippen LogP contribution in [-0.4, -0.2) is 0 Å². The van der Waals surface area contributed by atoms with Gasteiger partial charge in [-0.15, -0.1) is 23.5 Å². The molecular weight excluding hydrogens is 400 g/mol. The molecule has 30 heavy (non-hydrogen) atoms. The van der Waals surface area contributed by atoms with Gasteiger partial charge in [-0.25, -0.2) is 0 Å². The zero-order valence-electron chi connectivity index (χ0n) is 16.9. The van der Waals surface area contributed by atoms with Crippen LogP contribution in [0.2, 0.25) is 0 Å². The van der Waals surface area contributed by atoms with Crippen molar-refractivity contribution in [3.63, 3.8) is 0 Å². The topological polar surface area (TPSA) is 0 Å². The molecule has 0 aromatic heterocycles. The summed E-state index contributed by atoms with van der Waals surface area (Å²) in [6.07, 6.45) is 3.82. The predicted molar refractivity (Wildman–Crippen MR) is 136 cm³/mol. The summed E-state index contributed by atoms with van der Waals surface area (Å²) in [6.45, 7) is 7.77. The third-order valence-corrected chi connectivity index (χ3v) is 7.38. The Morgan fingerprint density at radius 1 is 0.600 bits per heavy atom. The van der Waals surface area contributed by atoms with Crippen LogP contribution in [-0.2, 0) is 11.5 Å². The molecule has 0 nitrogen and oxygen atoms in total. The van der Waals surface area contributed by atoms with E-state index in [2.05, 4.69) is 98.1 Å². The van der Waals surface area contributed by atoms with Crippen molar-refractivity contribution in [2.75, 3.05) is 0 Å². The highest BCUT2D eigenvalue weighted by Crippen LogP contribution is 2.36. The first-order valence-electron chi connectivity index (χ1n) is 9.97. The van der Waals surface area contributed by atoms with Gasteiger partial charge in [0.25, 0.3) is 0 Å². The summed E-state index contributed by atoms with van der Waals surface area (Å²) in [4.78, 5) is 2.65. The van der Waals surface area contributed by atoms with Crippen molar-refractivity contribution in [3.05, 3.63) is 120 Å². The first-order valence-corrected chi connectivity index (χ1v) is 11.9. The molecule has 0 fully saturated rings. The van der Waals surface area contributed by atoms with Crippen LogP contribution in [0.1, 0.15) is 22.3 Å². The molecule has 0 heterocycles. The maximum Gasteiger partial charge on any atom is 0.0238 e.